The molecule has 11 heteroatoms. The lowest BCUT2D eigenvalue weighted by molar-refractivity contribution is -0.173. The first kappa shape index (κ1) is 22.4. The van der Waals surface area contributed by atoms with E-state index < -0.39 is 30.0 Å². The number of halogens is 4. The lowest BCUT2D eigenvalue weighted by Crippen LogP contribution is -2.36. The Morgan fingerprint density at radius 2 is 1.88 bits per heavy atom. The third-order valence-electron chi connectivity index (χ3n) is 5.41. The van der Waals surface area contributed by atoms with Gasteiger partial charge in [0.25, 0.3) is 5.91 Å². The number of hydrogen-bond donors (Lipinski definition) is 2. The molecule has 7 nitrogen and oxygen atoms in total. The van der Waals surface area contributed by atoms with Gasteiger partial charge in [-0.05, 0) is 29.8 Å². The fraction of sp³-hybridized carbons (Fsp3) is 0.273. The highest BCUT2D eigenvalue weighted by atomic mass is 19.4. The van der Waals surface area contributed by atoms with E-state index in [1.54, 1.807) is 18.2 Å². The number of fused-ring (bicyclic) bond motifs is 1. The van der Waals surface area contributed by atoms with Crippen LogP contribution in [0.3, 0.4) is 0 Å². The molecule has 33 heavy (non-hydrogen) atoms. The number of anilines is 2. The van der Waals surface area contributed by atoms with E-state index in [-0.39, 0.29) is 17.8 Å². The van der Waals surface area contributed by atoms with E-state index >= 15 is 0 Å². The zero-order valence-electron chi connectivity index (χ0n) is 17.6. The van der Waals surface area contributed by atoms with Crippen molar-refractivity contribution in [3.63, 3.8) is 0 Å². The highest BCUT2D eigenvalue weighted by molar-refractivity contribution is 6.08. The summed E-state index contributed by atoms with van der Waals surface area (Å²) in [5.41, 5.74) is 0.691. The van der Waals surface area contributed by atoms with Crippen LogP contribution in [0.2, 0.25) is 0 Å². The average Bonchev–Trinajstić information content (AvgIpc) is 3.22. The predicted molar refractivity (Wildman–Crippen MR) is 112 cm³/mol. The van der Waals surface area contributed by atoms with Crippen LogP contribution in [0.25, 0.3) is 0 Å². The summed E-state index contributed by atoms with van der Waals surface area (Å²) in [5, 5.41) is 9.44. The summed E-state index contributed by atoms with van der Waals surface area (Å²) in [6, 6.07) is 7.13. The van der Waals surface area contributed by atoms with Gasteiger partial charge in [0.15, 0.2) is 6.04 Å². The molecule has 0 radical (unpaired) electrons. The molecule has 174 valence electrons. The van der Waals surface area contributed by atoms with Crippen LogP contribution in [0.4, 0.5) is 29.1 Å². The third-order valence-corrected chi connectivity index (χ3v) is 5.41. The van der Waals surface area contributed by atoms with Gasteiger partial charge in [-0.15, -0.1) is 0 Å². The highest BCUT2D eigenvalue weighted by Gasteiger charge is 2.47. The molecule has 2 N–H and O–H groups in total. The van der Waals surface area contributed by atoms with E-state index in [9.17, 15) is 22.4 Å². The Bertz CT molecular complexity index is 1160. The molecule has 4 rings (SSSR count). The number of carbonyl (C=O) groups is 1. The van der Waals surface area contributed by atoms with E-state index in [1.807, 2.05) is 0 Å². The molecule has 0 spiro atoms. The fourth-order valence-electron chi connectivity index (χ4n) is 3.73. The number of carbonyl (C=O) groups excluding carboxylic acids is 1. The minimum absolute atomic E-state index is 0.0751. The van der Waals surface area contributed by atoms with Crippen molar-refractivity contribution in [2.24, 2.45) is 0 Å². The van der Waals surface area contributed by atoms with Gasteiger partial charge >= 0.3 is 6.18 Å². The van der Waals surface area contributed by atoms with Crippen LogP contribution < -0.4 is 20.1 Å². The van der Waals surface area contributed by atoms with Crippen molar-refractivity contribution in [2.45, 2.75) is 24.7 Å². The quantitative estimate of drug-likeness (QED) is 0.523. The van der Waals surface area contributed by atoms with Crippen molar-refractivity contribution in [3.05, 3.63) is 65.6 Å². The van der Waals surface area contributed by atoms with Crippen molar-refractivity contribution in [1.82, 2.24) is 9.78 Å². The Labute approximate surface area is 186 Å². The van der Waals surface area contributed by atoms with Crippen molar-refractivity contribution in [3.8, 4) is 11.5 Å². The molecule has 0 fully saturated rings. The number of ether oxygens (including phenoxy) is 2. The first-order valence-electron chi connectivity index (χ1n) is 9.91. The maximum absolute atomic E-state index is 13.8. The van der Waals surface area contributed by atoms with Crippen LogP contribution in [0.1, 0.15) is 34.4 Å². The molecule has 1 aliphatic heterocycles. The highest BCUT2D eigenvalue weighted by Crippen LogP contribution is 2.44. The van der Waals surface area contributed by atoms with Crippen molar-refractivity contribution >= 4 is 17.4 Å². The molecule has 0 aliphatic carbocycles. The molecule has 2 atom stereocenters. The minimum Gasteiger partial charge on any atom is -0.497 e. The van der Waals surface area contributed by atoms with Crippen LogP contribution in [0, 0.1) is 5.82 Å². The van der Waals surface area contributed by atoms with Gasteiger partial charge in [0.05, 0.1) is 32.1 Å². The maximum Gasteiger partial charge on any atom is 0.410 e. The summed E-state index contributed by atoms with van der Waals surface area (Å²) in [6.07, 6.45) is -3.88. The van der Waals surface area contributed by atoms with Crippen molar-refractivity contribution in [1.29, 1.82) is 0 Å². The average molecular weight is 464 g/mol. The van der Waals surface area contributed by atoms with Gasteiger partial charge in [0.2, 0.25) is 0 Å². The zero-order chi connectivity index (χ0) is 23.8. The second-order valence-corrected chi connectivity index (χ2v) is 7.41. The Kier molecular flexibility index (Phi) is 5.88. The van der Waals surface area contributed by atoms with Gasteiger partial charge in [-0.25, -0.2) is 9.07 Å². The van der Waals surface area contributed by atoms with Gasteiger partial charge < -0.3 is 20.1 Å². The van der Waals surface area contributed by atoms with Gasteiger partial charge in [-0.2, -0.15) is 18.3 Å². The van der Waals surface area contributed by atoms with Crippen LogP contribution in [0.5, 0.6) is 11.5 Å². The fourth-order valence-corrected chi connectivity index (χ4v) is 3.73. The number of nitrogens with zero attached hydrogens (tertiary/aromatic N) is 2. The van der Waals surface area contributed by atoms with Gasteiger partial charge in [0.1, 0.15) is 28.7 Å². The first-order chi connectivity index (χ1) is 15.7. The first-order valence-corrected chi connectivity index (χ1v) is 9.91. The van der Waals surface area contributed by atoms with Gasteiger partial charge in [-0.3, -0.25) is 4.79 Å². The number of rotatable bonds is 5. The topological polar surface area (TPSA) is 77.4 Å². The standard InChI is InChI=1S/C22H20F4N4O3/c1-32-14-7-8-16(18(9-14)33-2)29-21(31)15-11-27-30-19(22(24,25)26)10-17(28-20(15)30)12-3-5-13(23)6-4-12/h3-9,11,17,19,28H,10H2,1-2H3,(H,29,31)/t17-,19-/m1/s1. The second-order valence-electron chi connectivity index (χ2n) is 7.41. The third kappa shape index (κ3) is 4.43. The number of aromatic nitrogens is 2. The van der Waals surface area contributed by atoms with E-state index in [2.05, 4.69) is 15.7 Å². The van der Waals surface area contributed by atoms with Crippen LogP contribution in [-0.2, 0) is 0 Å². The molecule has 1 aromatic heterocycles. The lowest BCUT2D eigenvalue weighted by atomic mass is 9.96. The van der Waals surface area contributed by atoms with Gasteiger partial charge in [-0.1, -0.05) is 12.1 Å². The monoisotopic (exact) mass is 464 g/mol. The Hall–Kier alpha value is -3.76. The number of amides is 1. The molecule has 0 unspecified atom stereocenters. The molecule has 2 aromatic carbocycles. The minimum atomic E-state index is -4.60. The molecule has 0 saturated carbocycles. The Balaban J connectivity index is 1.68. The summed E-state index contributed by atoms with van der Waals surface area (Å²) >= 11 is 0. The summed E-state index contributed by atoms with van der Waals surface area (Å²) in [5.74, 6) is -0.435. The Morgan fingerprint density at radius 3 is 2.52 bits per heavy atom. The number of alkyl halides is 3. The second kappa shape index (κ2) is 8.64. The SMILES string of the molecule is COc1ccc(NC(=O)c2cnn3c2N[C@@H](c2ccc(F)cc2)C[C@@H]3C(F)(F)F)c(OC)c1. The lowest BCUT2D eigenvalue weighted by Gasteiger charge is -2.34. The molecule has 0 saturated heterocycles. The number of hydrogen-bond acceptors (Lipinski definition) is 5. The van der Waals surface area contributed by atoms with E-state index in [1.165, 1.54) is 38.5 Å². The summed E-state index contributed by atoms with van der Waals surface area (Å²) in [6.45, 7) is 0. The van der Waals surface area contributed by atoms with E-state index in [4.69, 9.17) is 9.47 Å². The van der Waals surface area contributed by atoms with Crippen LogP contribution in [-0.4, -0.2) is 36.1 Å². The molecule has 0 bridgehead atoms. The van der Waals surface area contributed by atoms with E-state index in [0.717, 1.165) is 10.9 Å². The maximum atomic E-state index is 13.8. The van der Waals surface area contributed by atoms with Crippen LogP contribution >= 0.6 is 0 Å². The van der Waals surface area contributed by atoms with Crippen LogP contribution in [0.15, 0.2) is 48.7 Å². The number of nitrogens with one attached hydrogen (secondary N) is 2. The van der Waals surface area contributed by atoms with Crippen molar-refractivity contribution in [2.75, 3.05) is 24.9 Å². The molecular weight excluding hydrogens is 444 g/mol. The smallest absolute Gasteiger partial charge is 0.410 e. The predicted octanol–water partition coefficient (Wildman–Crippen LogP) is 4.95. The number of methoxy groups -OCH3 is 2. The zero-order valence-corrected chi connectivity index (χ0v) is 17.6. The Morgan fingerprint density at radius 1 is 1.15 bits per heavy atom. The summed E-state index contributed by atoms with van der Waals surface area (Å²) in [4.78, 5) is 13.0. The van der Waals surface area contributed by atoms with Crippen molar-refractivity contribution < 1.29 is 31.8 Å². The molecule has 1 aliphatic rings. The molecule has 3 aromatic rings. The summed E-state index contributed by atoms with van der Waals surface area (Å²) in [7, 11) is 2.89. The van der Waals surface area contributed by atoms with Gasteiger partial charge in [0, 0.05) is 12.5 Å². The molecule has 2 heterocycles. The normalized spacial score (nSPS) is 17.6. The molecule has 1 amide bonds. The molecular formula is C22H20F4N4O3. The summed E-state index contributed by atoms with van der Waals surface area (Å²) < 4.78 is 65.9. The van der Waals surface area contributed by atoms with E-state index in [0.29, 0.717) is 22.7 Å². The largest absolute Gasteiger partial charge is 0.497 e. The number of benzene rings is 2.